The summed E-state index contributed by atoms with van der Waals surface area (Å²) in [6, 6.07) is 2.84. The molecule has 2 rings (SSSR count). The van der Waals surface area contributed by atoms with E-state index in [2.05, 4.69) is 25.8 Å². The minimum atomic E-state index is -4.14. The molecular weight excluding hydrogens is 426 g/mol. The molecule has 28 heavy (non-hydrogen) atoms. The van der Waals surface area contributed by atoms with Gasteiger partial charge < -0.3 is 4.43 Å². The van der Waals surface area contributed by atoms with E-state index >= 15 is 0 Å². The van der Waals surface area contributed by atoms with Gasteiger partial charge in [0.1, 0.15) is 0 Å². The van der Waals surface area contributed by atoms with E-state index in [1.165, 1.54) is 12.4 Å². The van der Waals surface area contributed by atoms with Gasteiger partial charge in [-0.3, -0.25) is 4.98 Å². The number of hydrogen-bond donors (Lipinski definition) is 0. The SMILES string of the molecule is CC[Si](CC)(CC)OC(CCCC1(C(F)(F)F)CCC1)c1c(Cl)cncc1Cl. The van der Waals surface area contributed by atoms with Gasteiger partial charge in [0.15, 0.2) is 8.32 Å². The van der Waals surface area contributed by atoms with Gasteiger partial charge in [0, 0.05) is 18.0 Å². The predicted octanol–water partition coefficient (Wildman–Crippen LogP) is 8.35. The first-order chi connectivity index (χ1) is 13.1. The average molecular weight is 456 g/mol. The Hall–Kier alpha value is -0.303. The molecule has 1 heterocycles. The number of aromatic nitrogens is 1. The molecule has 160 valence electrons. The van der Waals surface area contributed by atoms with Gasteiger partial charge in [-0.2, -0.15) is 13.2 Å². The zero-order valence-corrected chi connectivity index (χ0v) is 19.4. The summed E-state index contributed by atoms with van der Waals surface area (Å²) in [5.41, 5.74) is -0.849. The Labute approximate surface area is 177 Å². The van der Waals surface area contributed by atoms with Crippen molar-refractivity contribution in [3.05, 3.63) is 28.0 Å². The molecule has 0 N–H and O–H groups in total. The summed E-state index contributed by atoms with van der Waals surface area (Å²) in [5, 5.41) is 0.829. The molecule has 8 heteroatoms. The lowest BCUT2D eigenvalue weighted by Crippen LogP contribution is -2.44. The highest BCUT2D eigenvalue weighted by Crippen LogP contribution is 2.56. The highest BCUT2D eigenvalue weighted by Gasteiger charge is 2.57. The Morgan fingerprint density at radius 3 is 2.04 bits per heavy atom. The van der Waals surface area contributed by atoms with Gasteiger partial charge in [-0.15, -0.1) is 0 Å². The van der Waals surface area contributed by atoms with Crippen molar-refractivity contribution < 1.29 is 17.6 Å². The van der Waals surface area contributed by atoms with Crippen LogP contribution in [-0.2, 0) is 4.43 Å². The summed E-state index contributed by atoms with van der Waals surface area (Å²) in [6.45, 7) is 6.37. The van der Waals surface area contributed by atoms with Crippen LogP contribution in [-0.4, -0.2) is 19.5 Å². The van der Waals surface area contributed by atoms with Crippen LogP contribution < -0.4 is 0 Å². The molecule has 0 aliphatic heterocycles. The third-order valence-corrected chi connectivity index (χ3v) is 11.8. The summed E-state index contributed by atoms with van der Waals surface area (Å²) in [5.74, 6) is 0. The lowest BCUT2D eigenvalue weighted by atomic mass is 9.65. The van der Waals surface area contributed by atoms with E-state index in [4.69, 9.17) is 27.6 Å². The quantitative estimate of drug-likeness (QED) is 0.330. The zero-order valence-electron chi connectivity index (χ0n) is 16.8. The topological polar surface area (TPSA) is 22.1 Å². The fraction of sp³-hybridized carbons (Fsp3) is 0.750. The van der Waals surface area contributed by atoms with Crippen LogP contribution in [0, 0.1) is 5.41 Å². The first-order valence-corrected chi connectivity index (χ1v) is 13.5. The van der Waals surface area contributed by atoms with Gasteiger partial charge in [-0.1, -0.05) is 50.4 Å². The van der Waals surface area contributed by atoms with E-state index in [0.29, 0.717) is 34.9 Å². The molecular formula is C20H30Cl2F3NOSi. The molecule has 0 radical (unpaired) electrons. The molecule has 1 aliphatic carbocycles. The summed E-state index contributed by atoms with van der Waals surface area (Å²) in [7, 11) is -2.00. The van der Waals surface area contributed by atoms with E-state index in [9.17, 15) is 13.2 Å². The van der Waals surface area contributed by atoms with Gasteiger partial charge >= 0.3 is 6.18 Å². The second kappa shape index (κ2) is 9.67. The van der Waals surface area contributed by atoms with Crippen molar-refractivity contribution in [3.8, 4) is 0 Å². The van der Waals surface area contributed by atoms with Crippen LogP contribution in [0.5, 0.6) is 0 Å². The molecule has 0 saturated heterocycles. The fourth-order valence-corrected chi connectivity index (χ4v) is 7.64. The first-order valence-electron chi connectivity index (χ1n) is 10.2. The van der Waals surface area contributed by atoms with Gasteiger partial charge in [0.05, 0.1) is 21.6 Å². The summed E-state index contributed by atoms with van der Waals surface area (Å²) in [6.07, 6.45) is 0.686. The van der Waals surface area contributed by atoms with Crippen LogP contribution in [0.25, 0.3) is 0 Å². The highest BCUT2D eigenvalue weighted by atomic mass is 35.5. The third-order valence-electron chi connectivity index (χ3n) is 6.57. The van der Waals surface area contributed by atoms with E-state index in [1.54, 1.807) is 0 Å². The molecule has 0 spiro atoms. The van der Waals surface area contributed by atoms with E-state index in [-0.39, 0.29) is 25.4 Å². The largest absolute Gasteiger partial charge is 0.410 e. The van der Waals surface area contributed by atoms with Crippen molar-refractivity contribution in [2.75, 3.05) is 0 Å². The predicted molar refractivity (Wildman–Crippen MR) is 111 cm³/mol. The Morgan fingerprint density at radius 1 is 1.11 bits per heavy atom. The summed E-state index contributed by atoms with van der Waals surface area (Å²) in [4.78, 5) is 4.00. The summed E-state index contributed by atoms with van der Waals surface area (Å²) >= 11 is 12.7. The highest BCUT2D eigenvalue weighted by molar-refractivity contribution is 6.73. The third kappa shape index (κ3) is 5.05. The smallest absolute Gasteiger partial charge is 0.394 e. The Bertz CT molecular complexity index is 620. The van der Waals surface area contributed by atoms with Crippen molar-refractivity contribution in [2.45, 2.75) is 89.7 Å². The van der Waals surface area contributed by atoms with Gasteiger partial charge in [0.25, 0.3) is 0 Å². The lowest BCUT2D eigenvalue weighted by molar-refractivity contribution is -0.253. The van der Waals surface area contributed by atoms with Crippen LogP contribution in [0.1, 0.15) is 71.0 Å². The van der Waals surface area contributed by atoms with Crippen molar-refractivity contribution in [3.63, 3.8) is 0 Å². The van der Waals surface area contributed by atoms with Crippen molar-refractivity contribution >= 4 is 31.5 Å². The van der Waals surface area contributed by atoms with Gasteiger partial charge in [-0.05, 0) is 50.2 Å². The molecule has 1 unspecified atom stereocenters. The summed E-state index contributed by atoms with van der Waals surface area (Å²) < 4.78 is 47.1. The van der Waals surface area contributed by atoms with E-state index in [1.807, 2.05) is 0 Å². The molecule has 2 nitrogen and oxygen atoms in total. The molecule has 0 aromatic carbocycles. The number of nitrogens with zero attached hydrogens (tertiary/aromatic N) is 1. The van der Waals surface area contributed by atoms with Crippen molar-refractivity contribution in [1.82, 2.24) is 4.98 Å². The van der Waals surface area contributed by atoms with E-state index in [0.717, 1.165) is 18.1 Å². The lowest BCUT2D eigenvalue weighted by Gasteiger charge is -2.43. The van der Waals surface area contributed by atoms with Gasteiger partial charge in [-0.25, -0.2) is 0 Å². The number of pyridine rings is 1. The van der Waals surface area contributed by atoms with Crippen LogP contribution in [0.15, 0.2) is 12.4 Å². The van der Waals surface area contributed by atoms with E-state index < -0.39 is 19.9 Å². The molecule has 1 aliphatic rings. The maximum absolute atomic E-state index is 13.5. The van der Waals surface area contributed by atoms with Crippen LogP contribution >= 0.6 is 23.2 Å². The van der Waals surface area contributed by atoms with Crippen LogP contribution in [0.4, 0.5) is 13.2 Å². The maximum atomic E-state index is 13.5. The number of rotatable bonds is 10. The molecule has 0 amide bonds. The Morgan fingerprint density at radius 2 is 1.64 bits per heavy atom. The molecule has 1 aromatic rings. The number of halogens is 5. The Kier molecular flexibility index (Phi) is 8.28. The maximum Gasteiger partial charge on any atom is 0.394 e. The van der Waals surface area contributed by atoms with Gasteiger partial charge in [0.2, 0.25) is 0 Å². The number of alkyl halides is 3. The fourth-order valence-electron chi connectivity index (χ4n) is 4.20. The minimum Gasteiger partial charge on any atom is -0.410 e. The molecule has 0 bridgehead atoms. The monoisotopic (exact) mass is 455 g/mol. The normalized spacial score (nSPS) is 18.0. The Balaban J connectivity index is 2.22. The van der Waals surface area contributed by atoms with Crippen molar-refractivity contribution in [2.24, 2.45) is 5.41 Å². The molecule has 1 saturated carbocycles. The second-order valence-corrected chi connectivity index (χ2v) is 13.4. The van der Waals surface area contributed by atoms with Crippen LogP contribution in [0.3, 0.4) is 0 Å². The molecule has 1 aromatic heterocycles. The number of hydrogen-bond acceptors (Lipinski definition) is 2. The first kappa shape index (κ1) is 24.0. The van der Waals surface area contributed by atoms with Crippen LogP contribution in [0.2, 0.25) is 28.2 Å². The zero-order chi connectivity index (χ0) is 21.0. The second-order valence-electron chi connectivity index (χ2n) is 7.89. The minimum absolute atomic E-state index is 0.135. The average Bonchev–Trinajstić information content (AvgIpc) is 2.60. The molecule has 1 fully saturated rings. The van der Waals surface area contributed by atoms with Crippen molar-refractivity contribution in [1.29, 1.82) is 0 Å². The molecule has 1 atom stereocenters. The standard InChI is InChI=1S/C20H30Cl2F3NOSi/c1-4-28(5-2,6-3)27-17(18-15(21)13-26-14-16(18)22)9-7-10-19(11-8-12-19)20(23,24)25/h13-14,17H,4-12H2,1-3H3.